The van der Waals surface area contributed by atoms with Gasteiger partial charge in [-0.2, -0.15) is 0 Å². The molecule has 146 valence electrons. The van der Waals surface area contributed by atoms with Crippen LogP contribution in [0, 0.1) is 5.92 Å². The summed E-state index contributed by atoms with van der Waals surface area (Å²) in [5.74, 6) is 0.436. The van der Waals surface area contributed by atoms with Crippen LogP contribution in [0.1, 0.15) is 32.3 Å². The number of aliphatic hydroxyl groups excluding tert-OH is 1. The van der Waals surface area contributed by atoms with Crippen molar-refractivity contribution in [3.63, 3.8) is 0 Å². The van der Waals surface area contributed by atoms with E-state index in [0.29, 0.717) is 12.5 Å². The molecular weight excluding hydrogens is 330 g/mol. The fourth-order valence-electron chi connectivity index (χ4n) is 3.02. The lowest BCUT2D eigenvalue weighted by Crippen LogP contribution is -2.49. The Hall–Kier alpha value is -1.63. The van der Waals surface area contributed by atoms with Crippen molar-refractivity contribution in [2.75, 3.05) is 32.8 Å². The average Bonchev–Trinajstić information content (AvgIpc) is 2.62. The van der Waals surface area contributed by atoms with E-state index < -0.39 is 6.10 Å². The molecule has 3 N–H and O–H groups in total. The summed E-state index contributed by atoms with van der Waals surface area (Å²) < 4.78 is 5.37. The van der Waals surface area contributed by atoms with Crippen molar-refractivity contribution in [1.29, 1.82) is 0 Å². The van der Waals surface area contributed by atoms with Crippen LogP contribution in [0.25, 0.3) is 0 Å². The lowest BCUT2D eigenvalue weighted by Gasteiger charge is -2.32. The highest BCUT2D eigenvalue weighted by molar-refractivity contribution is 5.74. The van der Waals surface area contributed by atoms with Crippen LogP contribution in [0.4, 0.5) is 4.79 Å². The molecule has 0 unspecified atom stereocenters. The molecule has 0 bridgehead atoms. The number of carbonyl (C=O) groups excluding carboxylic acids is 1. The number of ether oxygens (including phenoxy) is 1. The number of piperidine rings is 1. The predicted octanol–water partition coefficient (Wildman–Crippen LogP) is 1.98. The smallest absolute Gasteiger partial charge is 0.315 e. The Kier molecular flexibility index (Phi) is 8.88. The molecule has 2 rings (SSSR count). The lowest BCUT2D eigenvalue weighted by molar-refractivity contribution is 0.0272. The topological polar surface area (TPSA) is 73.8 Å². The van der Waals surface area contributed by atoms with Gasteiger partial charge in [0.25, 0.3) is 0 Å². The van der Waals surface area contributed by atoms with Crippen LogP contribution in [-0.2, 0) is 11.3 Å². The van der Waals surface area contributed by atoms with Gasteiger partial charge in [-0.15, -0.1) is 0 Å². The molecule has 1 aliphatic rings. The van der Waals surface area contributed by atoms with Gasteiger partial charge >= 0.3 is 6.03 Å². The molecule has 1 aromatic rings. The minimum atomic E-state index is -0.674. The number of hydrogen-bond acceptors (Lipinski definition) is 4. The second-order valence-corrected chi connectivity index (χ2v) is 7.48. The zero-order chi connectivity index (χ0) is 18.8. The van der Waals surface area contributed by atoms with Crippen LogP contribution in [0.2, 0.25) is 0 Å². The maximum absolute atomic E-state index is 12.0. The van der Waals surface area contributed by atoms with Gasteiger partial charge in [0.15, 0.2) is 0 Å². The number of urea groups is 1. The van der Waals surface area contributed by atoms with Crippen molar-refractivity contribution in [3.05, 3.63) is 35.9 Å². The molecule has 1 atom stereocenters. The summed E-state index contributed by atoms with van der Waals surface area (Å²) in [7, 11) is 0. The second kappa shape index (κ2) is 11.2. The largest absolute Gasteiger partial charge is 0.389 e. The average molecular weight is 364 g/mol. The highest BCUT2D eigenvalue weighted by atomic mass is 16.5. The predicted molar refractivity (Wildman–Crippen MR) is 103 cm³/mol. The summed E-state index contributed by atoms with van der Waals surface area (Å²) in [5, 5.41) is 15.5. The van der Waals surface area contributed by atoms with Crippen LogP contribution in [0.15, 0.2) is 30.3 Å². The first-order valence-electron chi connectivity index (χ1n) is 9.59. The zero-order valence-electron chi connectivity index (χ0n) is 16.0. The molecule has 1 saturated heterocycles. The quantitative estimate of drug-likeness (QED) is 0.627. The van der Waals surface area contributed by atoms with Crippen molar-refractivity contribution in [2.24, 2.45) is 5.92 Å². The van der Waals surface area contributed by atoms with E-state index in [1.165, 1.54) is 5.56 Å². The molecule has 1 aromatic carbocycles. The number of rotatable bonds is 9. The van der Waals surface area contributed by atoms with E-state index in [2.05, 4.69) is 53.6 Å². The van der Waals surface area contributed by atoms with Crippen LogP contribution in [0.3, 0.4) is 0 Å². The summed E-state index contributed by atoms with van der Waals surface area (Å²) in [6.07, 6.45) is 1.22. The Labute approximate surface area is 156 Å². The highest BCUT2D eigenvalue weighted by Gasteiger charge is 2.20. The van der Waals surface area contributed by atoms with Gasteiger partial charge in [-0.25, -0.2) is 4.79 Å². The van der Waals surface area contributed by atoms with Crippen molar-refractivity contribution in [3.8, 4) is 0 Å². The standard InChI is InChI=1S/C20H33N3O3/c1-16(2)14-26-15-19(24)12-21-20(25)22-18-8-10-23(11-9-18)13-17-6-4-3-5-7-17/h3-7,16,18-19,24H,8-15H2,1-2H3,(H2,21,22,25)/t19-/m0/s1. The molecule has 0 aliphatic carbocycles. The molecule has 6 nitrogen and oxygen atoms in total. The minimum absolute atomic E-state index is 0.191. The van der Waals surface area contributed by atoms with Gasteiger partial charge in [-0.3, -0.25) is 4.90 Å². The molecule has 0 aromatic heterocycles. The first-order valence-corrected chi connectivity index (χ1v) is 9.59. The first kappa shape index (κ1) is 20.7. The van der Waals surface area contributed by atoms with Crippen LogP contribution >= 0.6 is 0 Å². The summed E-state index contributed by atoms with van der Waals surface area (Å²) in [6.45, 7) is 8.10. The maximum atomic E-state index is 12.0. The molecular formula is C20H33N3O3. The summed E-state index contributed by atoms with van der Waals surface area (Å²) in [6, 6.07) is 10.4. The van der Waals surface area contributed by atoms with Crippen LogP contribution < -0.4 is 10.6 Å². The van der Waals surface area contributed by atoms with E-state index in [9.17, 15) is 9.90 Å². The highest BCUT2D eigenvalue weighted by Crippen LogP contribution is 2.13. The van der Waals surface area contributed by atoms with Crippen LogP contribution in [0.5, 0.6) is 0 Å². The molecule has 0 spiro atoms. The fourth-order valence-corrected chi connectivity index (χ4v) is 3.02. The summed E-state index contributed by atoms with van der Waals surface area (Å²) in [5.41, 5.74) is 1.32. The Morgan fingerprint density at radius 2 is 1.92 bits per heavy atom. The van der Waals surface area contributed by atoms with E-state index in [-0.39, 0.29) is 25.2 Å². The van der Waals surface area contributed by atoms with E-state index in [4.69, 9.17) is 4.74 Å². The Bertz CT molecular complexity index is 516. The number of likely N-dealkylation sites (tertiary alicyclic amines) is 1. The Balaban J connectivity index is 1.57. The van der Waals surface area contributed by atoms with E-state index >= 15 is 0 Å². The van der Waals surface area contributed by atoms with Gasteiger partial charge in [0.1, 0.15) is 0 Å². The number of nitrogens with one attached hydrogen (secondary N) is 2. The van der Waals surface area contributed by atoms with Gasteiger partial charge in [0, 0.05) is 38.8 Å². The fraction of sp³-hybridized carbons (Fsp3) is 0.650. The molecule has 6 heteroatoms. The molecule has 2 amide bonds. The maximum Gasteiger partial charge on any atom is 0.315 e. The minimum Gasteiger partial charge on any atom is -0.389 e. The third kappa shape index (κ3) is 8.17. The van der Waals surface area contributed by atoms with Crippen molar-refractivity contribution in [1.82, 2.24) is 15.5 Å². The SMILES string of the molecule is CC(C)COC[C@@H](O)CNC(=O)NC1CCN(Cc2ccccc2)CC1. The van der Waals surface area contributed by atoms with Gasteiger partial charge in [-0.05, 0) is 24.3 Å². The van der Waals surface area contributed by atoms with Gasteiger partial charge in [-0.1, -0.05) is 44.2 Å². The number of benzene rings is 1. The Morgan fingerprint density at radius 3 is 2.58 bits per heavy atom. The molecule has 1 aliphatic heterocycles. The summed E-state index contributed by atoms with van der Waals surface area (Å²) in [4.78, 5) is 14.4. The zero-order valence-corrected chi connectivity index (χ0v) is 16.0. The number of nitrogens with zero attached hydrogens (tertiary/aromatic N) is 1. The lowest BCUT2D eigenvalue weighted by atomic mass is 10.0. The number of carbonyl (C=O) groups is 1. The molecule has 0 radical (unpaired) electrons. The van der Waals surface area contributed by atoms with E-state index in [0.717, 1.165) is 32.5 Å². The first-order chi connectivity index (χ1) is 12.5. The third-order valence-corrected chi connectivity index (χ3v) is 4.43. The molecule has 1 heterocycles. The molecule has 26 heavy (non-hydrogen) atoms. The summed E-state index contributed by atoms with van der Waals surface area (Å²) >= 11 is 0. The van der Waals surface area contributed by atoms with E-state index in [1.54, 1.807) is 0 Å². The van der Waals surface area contributed by atoms with Gasteiger partial charge in [0.2, 0.25) is 0 Å². The monoisotopic (exact) mass is 363 g/mol. The number of hydrogen-bond donors (Lipinski definition) is 3. The van der Waals surface area contributed by atoms with Gasteiger partial charge in [0.05, 0.1) is 12.7 Å². The number of aliphatic hydroxyl groups is 1. The van der Waals surface area contributed by atoms with Crippen molar-refractivity contribution < 1.29 is 14.6 Å². The van der Waals surface area contributed by atoms with Crippen molar-refractivity contribution >= 4 is 6.03 Å². The Morgan fingerprint density at radius 1 is 1.23 bits per heavy atom. The van der Waals surface area contributed by atoms with Crippen molar-refractivity contribution in [2.45, 2.75) is 45.4 Å². The normalized spacial score (nSPS) is 17.2. The van der Waals surface area contributed by atoms with Gasteiger partial charge < -0.3 is 20.5 Å². The molecule has 0 saturated carbocycles. The van der Waals surface area contributed by atoms with Crippen LogP contribution in [-0.4, -0.2) is 61.0 Å². The van der Waals surface area contributed by atoms with E-state index in [1.807, 2.05) is 6.07 Å². The third-order valence-electron chi connectivity index (χ3n) is 4.43. The number of amides is 2. The second-order valence-electron chi connectivity index (χ2n) is 7.48. The molecule has 1 fully saturated rings.